The maximum atomic E-state index is 13.0. The van der Waals surface area contributed by atoms with E-state index >= 15 is 0 Å². The van der Waals surface area contributed by atoms with E-state index in [2.05, 4.69) is 5.32 Å². The third-order valence-electron chi connectivity index (χ3n) is 4.85. The summed E-state index contributed by atoms with van der Waals surface area (Å²) in [6, 6.07) is 4.81. The van der Waals surface area contributed by atoms with Crippen LogP contribution in [-0.2, 0) is 14.8 Å². The van der Waals surface area contributed by atoms with Crippen LogP contribution in [0.15, 0.2) is 23.1 Å². The average molecular weight is 429 g/mol. The summed E-state index contributed by atoms with van der Waals surface area (Å²) in [5.74, 6) is 0.589. The van der Waals surface area contributed by atoms with Crippen LogP contribution in [0.2, 0.25) is 0 Å². The monoisotopic (exact) mass is 428 g/mol. The second-order valence-electron chi connectivity index (χ2n) is 6.80. The number of rotatable bonds is 10. The molecule has 0 spiro atoms. The number of carbonyl (C=O) groups excluding carboxylic acids is 1. The lowest BCUT2D eigenvalue weighted by Crippen LogP contribution is -2.31. The van der Waals surface area contributed by atoms with Gasteiger partial charge < -0.3 is 10.1 Å². The number of nitrogens with one attached hydrogen (secondary N) is 1. The van der Waals surface area contributed by atoms with Gasteiger partial charge >= 0.3 is 0 Å². The number of carbonyl (C=O) groups is 1. The summed E-state index contributed by atoms with van der Waals surface area (Å²) in [6.45, 7) is 6.53. The van der Waals surface area contributed by atoms with Gasteiger partial charge in [-0.25, -0.2) is 8.42 Å². The molecule has 1 aromatic rings. The van der Waals surface area contributed by atoms with Crippen LogP contribution >= 0.6 is 11.8 Å². The highest BCUT2D eigenvalue weighted by Crippen LogP contribution is 2.31. The Morgan fingerprint density at radius 1 is 1.18 bits per heavy atom. The van der Waals surface area contributed by atoms with Gasteiger partial charge in [0.15, 0.2) is 0 Å². The molecule has 0 unspecified atom stereocenters. The molecule has 0 aliphatic heterocycles. The Labute approximate surface area is 173 Å². The number of nitrogens with zero attached hydrogens (tertiary/aromatic N) is 1. The number of ether oxygens (including phenoxy) is 1. The number of anilines is 1. The highest BCUT2D eigenvalue weighted by Gasteiger charge is 2.26. The molecule has 0 aromatic heterocycles. The Balaban J connectivity index is 2.13. The van der Waals surface area contributed by atoms with E-state index in [0.717, 1.165) is 0 Å². The molecule has 0 atom stereocenters. The van der Waals surface area contributed by atoms with Crippen molar-refractivity contribution in [1.82, 2.24) is 4.31 Å². The number of sulfonamides is 1. The maximum absolute atomic E-state index is 13.0. The van der Waals surface area contributed by atoms with Crippen LogP contribution in [0.3, 0.4) is 0 Å². The minimum Gasteiger partial charge on any atom is -0.492 e. The molecule has 158 valence electrons. The quantitative estimate of drug-likeness (QED) is 0.607. The topological polar surface area (TPSA) is 75.7 Å². The van der Waals surface area contributed by atoms with Crippen molar-refractivity contribution in [3.63, 3.8) is 0 Å². The smallest absolute Gasteiger partial charge is 0.246 e. The van der Waals surface area contributed by atoms with Crippen LogP contribution in [0.1, 0.15) is 52.9 Å². The van der Waals surface area contributed by atoms with Crippen molar-refractivity contribution >= 4 is 33.4 Å². The largest absolute Gasteiger partial charge is 0.492 e. The summed E-state index contributed by atoms with van der Waals surface area (Å²) in [6.07, 6.45) is 6.12. The second kappa shape index (κ2) is 11.1. The van der Waals surface area contributed by atoms with Crippen LogP contribution in [0.4, 0.5) is 5.69 Å². The normalized spacial score (nSPS) is 15.6. The summed E-state index contributed by atoms with van der Waals surface area (Å²) in [5.41, 5.74) is 0.475. The Hall–Kier alpha value is -1.25. The number of hydrogen-bond donors (Lipinski definition) is 1. The highest BCUT2D eigenvalue weighted by molar-refractivity contribution is 8.00. The first-order valence-corrected chi connectivity index (χ1v) is 12.6. The molecule has 1 N–H and O–H groups in total. The fourth-order valence-corrected chi connectivity index (χ4v) is 6.13. The Morgan fingerprint density at radius 3 is 2.46 bits per heavy atom. The number of hydrogen-bond acceptors (Lipinski definition) is 5. The molecule has 0 radical (unpaired) electrons. The van der Waals surface area contributed by atoms with Gasteiger partial charge in [0.25, 0.3) is 0 Å². The number of benzene rings is 1. The fraction of sp³-hybridized carbons (Fsp3) is 0.650. The molecule has 1 aliphatic carbocycles. The van der Waals surface area contributed by atoms with Gasteiger partial charge in [-0.2, -0.15) is 4.31 Å². The molecule has 1 amide bonds. The first kappa shape index (κ1) is 23.0. The summed E-state index contributed by atoms with van der Waals surface area (Å²) in [4.78, 5) is 12.4. The van der Waals surface area contributed by atoms with Gasteiger partial charge in [-0.05, 0) is 38.0 Å². The molecular formula is C20H32N2O4S2. The van der Waals surface area contributed by atoms with Crippen LogP contribution in [0.25, 0.3) is 0 Å². The van der Waals surface area contributed by atoms with Crippen molar-refractivity contribution in [1.29, 1.82) is 0 Å². The lowest BCUT2D eigenvalue weighted by Gasteiger charge is -2.21. The van der Waals surface area contributed by atoms with Crippen molar-refractivity contribution in [2.75, 3.05) is 30.8 Å². The van der Waals surface area contributed by atoms with E-state index in [1.54, 1.807) is 37.7 Å². The van der Waals surface area contributed by atoms with Crippen molar-refractivity contribution in [3.8, 4) is 5.75 Å². The van der Waals surface area contributed by atoms with E-state index < -0.39 is 10.0 Å². The molecule has 1 aromatic carbocycles. The lowest BCUT2D eigenvalue weighted by atomic mass is 10.0. The summed E-state index contributed by atoms with van der Waals surface area (Å²) in [5, 5.41) is 3.39. The van der Waals surface area contributed by atoms with Crippen LogP contribution in [0, 0.1) is 0 Å². The molecule has 8 heteroatoms. The van der Waals surface area contributed by atoms with Crippen molar-refractivity contribution in [2.45, 2.75) is 63.0 Å². The zero-order chi connectivity index (χ0) is 20.6. The van der Waals surface area contributed by atoms with E-state index in [9.17, 15) is 13.2 Å². The molecule has 28 heavy (non-hydrogen) atoms. The van der Waals surface area contributed by atoms with Crippen LogP contribution < -0.4 is 10.1 Å². The molecule has 0 saturated heterocycles. The van der Waals surface area contributed by atoms with E-state index in [4.69, 9.17) is 4.74 Å². The number of amides is 1. The van der Waals surface area contributed by atoms with E-state index in [1.165, 1.54) is 42.5 Å². The van der Waals surface area contributed by atoms with Gasteiger partial charge in [0.05, 0.1) is 12.4 Å². The molecule has 1 fully saturated rings. The highest BCUT2D eigenvalue weighted by atomic mass is 32.2. The maximum Gasteiger partial charge on any atom is 0.246 e. The second-order valence-corrected chi connectivity index (χ2v) is 10.00. The molecular weight excluding hydrogens is 396 g/mol. The standard InChI is InChI=1S/C20H32N2O4S2/c1-4-22(5-2)28(24,25)19-14-16(12-13-18(19)26-6-3)21-20(23)15-27-17-10-8-7-9-11-17/h12-14,17H,4-11,15H2,1-3H3,(H,21,23). The van der Waals surface area contributed by atoms with Gasteiger partial charge in [0.1, 0.15) is 10.6 Å². The van der Waals surface area contributed by atoms with Crippen LogP contribution in [0.5, 0.6) is 5.75 Å². The van der Waals surface area contributed by atoms with Gasteiger partial charge in [-0.1, -0.05) is 33.1 Å². The molecule has 1 aliphatic rings. The van der Waals surface area contributed by atoms with Crippen molar-refractivity contribution < 1.29 is 17.9 Å². The number of thioether (sulfide) groups is 1. The molecule has 1 saturated carbocycles. The molecule has 2 rings (SSSR count). The van der Waals surface area contributed by atoms with Gasteiger partial charge in [-0.15, -0.1) is 11.8 Å². The molecule has 6 nitrogen and oxygen atoms in total. The first-order chi connectivity index (χ1) is 13.4. The van der Waals surface area contributed by atoms with Crippen LogP contribution in [-0.4, -0.2) is 49.3 Å². The predicted molar refractivity (Wildman–Crippen MR) is 116 cm³/mol. The van der Waals surface area contributed by atoms with Crippen molar-refractivity contribution in [3.05, 3.63) is 18.2 Å². The lowest BCUT2D eigenvalue weighted by molar-refractivity contribution is -0.113. The fourth-order valence-electron chi connectivity index (χ4n) is 3.39. The first-order valence-electron chi connectivity index (χ1n) is 10.1. The van der Waals surface area contributed by atoms with Gasteiger partial charge in [0.2, 0.25) is 15.9 Å². The third-order valence-corrected chi connectivity index (χ3v) is 8.30. The zero-order valence-electron chi connectivity index (χ0n) is 17.1. The molecule has 0 heterocycles. The van der Waals surface area contributed by atoms with E-state index in [1.807, 2.05) is 6.92 Å². The van der Waals surface area contributed by atoms with Gasteiger partial charge in [-0.3, -0.25) is 4.79 Å². The third kappa shape index (κ3) is 6.12. The van der Waals surface area contributed by atoms with E-state index in [-0.39, 0.29) is 10.8 Å². The van der Waals surface area contributed by atoms with Gasteiger partial charge in [0, 0.05) is 24.0 Å². The SMILES string of the molecule is CCOc1ccc(NC(=O)CSC2CCCCC2)cc1S(=O)(=O)N(CC)CC. The minimum atomic E-state index is -3.69. The predicted octanol–water partition coefficient (Wildman–Crippen LogP) is 4.12. The Bertz CT molecular complexity index is 743. The average Bonchev–Trinajstić information content (AvgIpc) is 2.69. The molecule has 0 bridgehead atoms. The summed E-state index contributed by atoms with van der Waals surface area (Å²) in [7, 11) is -3.69. The Morgan fingerprint density at radius 2 is 1.86 bits per heavy atom. The van der Waals surface area contributed by atoms with Crippen molar-refractivity contribution in [2.24, 2.45) is 0 Å². The summed E-state index contributed by atoms with van der Waals surface area (Å²) < 4.78 is 32.9. The zero-order valence-corrected chi connectivity index (χ0v) is 18.7. The summed E-state index contributed by atoms with van der Waals surface area (Å²) >= 11 is 1.69. The van der Waals surface area contributed by atoms with E-state index in [0.29, 0.717) is 42.1 Å². The minimum absolute atomic E-state index is 0.0933. The Kier molecular flexibility index (Phi) is 9.11.